The van der Waals surface area contributed by atoms with E-state index in [1.54, 1.807) is 0 Å². The van der Waals surface area contributed by atoms with E-state index < -0.39 is 11.7 Å². The number of alkyl halides is 3. The minimum absolute atomic E-state index is 0.0877. The van der Waals surface area contributed by atoms with Crippen molar-refractivity contribution in [2.75, 3.05) is 44.4 Å². The number of nitrogens with zero attached hydrogens (tertiary/aromatic N) is 3. The molecule has 0 bridgehead atoms. The van der Waals surface area contributed by atoms with E-state index in [0.717, 1.165) is 31.5 Å². The molecule has 0 unspecified atom stereocenters. The standard InChI is InChI=1S/C14H21F3N4/c1-20(2)9-10-3-5-21(6-4-10)13-8-11(14(15,16)17)7-12(18)19-13/h7-8,10H,3-6,9H2,1-2H3,(H2,18,19). The Morgan fingerprint density at radius 2 is 1.90 bits per heavy atom. The number of nitrogen functional groups attached to an aromatic ring is 1. The normalized spacial score (nSPS) is 17.5. The highest BCUT2D eigenvalue weighted by Crippen LogP contribution is 2.33. The Balaban J connectivity index is 2.08. The van der Waals surface area contributed by atoms with Crippen molar-refractivity contribution in [3.05, 3.63) is 17.7 Å². The monoisotopic (exact) mass is 302 g/mol. The van der Waals surface area contributed by atoms with Gasteiger partial charge < -0.3 is 15.5 Å². The number of rotatable bonds is 3. The Morgan fingerprint density at radius 1 is 1.29 bits per heavy atom. The number of halogens is 3. The predicted molar refractivity (Wildman–Crippen MR) is 77.1 cm³/mol. The molecule has 0 saturated carbocycles. The maximum atomic E-state index is 12.8. The molecule has 2 heterocycles. The summed E-state index contributed by atoms with van der Waals surface area (Å²) in [5.41, 5.74) is 4.78. The molecule has 2 rings (SSSR count). The molecule has 1 saturated heterocycles. The van der Waals surface area contributed by atoms with Crippen LogP contribution < -0.4 is 10.6 Å². The second kappa shape index (κ2) is 6.09. The quantitative estimate of drug-likeness (QED) is 0.931. The zero-order chi connectivity index (χ0) is 15.6. The van der Waals surface area contributed by atoms with Gasteiger partial charge in [-0.15, -0.1) is 0 Å². The molecule has 0 amide bonds. The summed E-state index contributed by atoms with van der Waals surface area (Å²) < 4.78 is 38.4. The van der Waals surface area contributed by atoms with E-state index in [2.05, 4.69) is 9.88 Å². The van der Waals surface area contributed by atoms with Crippen LogP contribution in [0.5, 0.6) is 0 Å². The van der Waals surface area contributed by atoms with Gasteiger partial charge in [0.25, 0.3) is 0 Å². The van der Waals surface area contributed by atoms with Gasteiger partial charge in [-0.2, -0.15) is 13.2 Å². The first kappa shape index (κ1) is 15.9. The van der Waals surface area contributed by atoms with Crippen LogP contribution in [0.3, 0.4) is 0 Å². The van der Waals surface area contributed by atoms with E-state index in [1.807, 2.05) is 19.0 Å². The molecule has 4 nitrogen and oxygen atoms in total. The van der Waals surface area contributed by atoms with Crippen LogP contribution in [0.2, 0.25) is 0 Å². The zero-order valence-electron chi connectivity index (χ0n) is 12.3. The molecule has 1 aliphatic rings. The van der Waals surface area contributed by atoms with Gasteiger partial charge in [0.2, 0.25) is 0 Å². The van der Waals surface area contributed by atoms with Crippen LogP contribution in [0.1, 0.15) is 18.4 Å². The third-order valence-corrected chi connectivity index (χ3v) is 3.72. The first-order valence-electron chi connectivity index (χ1n) is 7.00. The molecule has 1 fully saturated rings. The summed E-state index contributed by atoms with van der Waals surface area (Å²) in [6, 6.07) is 1.96. The SMILES string of the molecule is CN(C)CC1CCN(c2cc(C(F)(F)F)cc(N)n2)CC1. The van der Waals surface area contributed by atoms with Gasteiger partial charge in [-0.05, 0) is 45.0 Å². The third-order valence-electron chi connectivity index (χ3n) is 3.72. The number of hydrogen-bond acceptors (Lipinski definition) is 4. The van der Waals surface area contributed by atoms with Crippen LogP contribution in [-0.4, -0.2) is 43.6 Å². The van der Waals surface area contributed by atoms with Gasteiger partial charge in [0, 0.05) is 19.6 Å². The average Bonchev–Trinajstić information content (AvgIpc) is 2.37. The summed E-state index contributed by atoms with van der Waals surface area (Å²) in [5, 5.41) is 0. The Morgan fingerprint density at radius 3 is 2.43 bits per heavy atom. The topological polar surface area (TPSA) is 45.4 Å². The van der Waals surface area contributed by atoms with Gasteiger partial charge in [0.1, 0.15) is 11.6 Å². The van der Waals surface area contributed by atoms with Crippen molar-refractivity contribution < 1.29 is 13.2 Å². The van der Waals surface area contributed by atoms with Crippen molar-refractivity contribution in [1.29, 1.82) is 0 Å². The first-order chi connectivity index (χ1) is 9.75. The van der Waals surface area contributed by atoms with Crippen LogP contribution in [-0.2, 0) is 6.18 Å². The van der Waals surface area contributed by atoms with Crippen LogP contribution in [0.4, 0.5) is 24.8 Å². The maximum absolute atomic E-state index is 12.8. The number of nitrogens with two attached hydrogens (primary N) is 1. The fourth-order valence-corrected chi connectivity index (χ4v) is 2.72. The molecule has 0 aromatic carbocycles. The number of pyridine rings is 1. The molecule has 1 aromatic heterocycles. The van der Waals surface area contributed by atoms with E-state index in [1.165, 1.54) is 0 Å². The van der Waals surface area contributed by atoms with Crippen molar-refractivity contribution in [3.8, 4) is 0 Å². The van der Waals surface area contributed by atoms with E-state index in [4.69, 9.17) is 5.73 Å². The fraction of sp³-hybridized carbons (Fsp3) is 0.643. The second-order valence-corrected chi connectivity index (χ2v) is 5.83. The number of aromatic nitrogens is 1. The van der Waals surface area contributed by atoms with Gasteiger partial charge in [-0.25, -0.2) is 4.98 Å². The molecule has 118 valence electrons. The van der Waals surface area contributed by atoms with Crippen LogP contribution in [0.15, 0.2) is 12.1 Å². The van der Waals surface area contributed by atoms with Crippen LogP contribution >= 0.6 is 0 Å². The van der Waals surface area contributed by atoms with E-state index >= 15 is 0 Å². The van der Waals surface area contributed by atoms with Crippen LogP contribution in [0, 0.1) is 5.92 Å². The lowest BCUT2D eigenvalue weighted by atomic mass is 9.96. The van der Waals surface area contributed by atoms with Crippen molar-refractivity contribution >= 4 is 11.6 Å². The van der Waals surface area contributed by atoms with Gasteiger partial charge >= 0.3 is 6.18 Å². The molecular formula is C14H21F3N4. The molecule has 2 N–H and O–H groups in total. The zero-order valence-corrected chi connectivity index (χ0v) is 12.3. The summed E-state index contributed by atoms with van der Waals surface area (Å²) in [4.78, 5) is 8.08. The highest BCUT2D eigenvalue weighted by Gasteiger charge is 2.32. The molecule has 1 aromatic rings. The summed E-state index contributed by atoms with van der Waals surface area (Å²) in [6.07, 6.45) is -2.49. The van der Waals surface area contributed by atoms with Crippen LogP contribution in [0.25, 0.3) is 0 Å². The lowest BCUT2D eigenvalue weighted by molar-refractivity contribution is -0.137. The Labute approximate surface area is 122 Å². The second-order valence-electron chi connectivity index (χ2n) is 5.83. The Kier molecular flexibility index (Phi) is 4.61. The Hall–Kier alpha value is -1.50. The largest absolute Gasteiger partial charge is 0.416 e. The summed E-state index contributed by atoms with van der Waals surface area (Å²) in [7, 11) is 4.06. The maximum Gasteiger partial charge on any atom is 0.416 e. The lowest BCUT2D eigenvalue weighted by Crippen LogP contribution is -2.37. The number of hydrogen-bond donors (Lipinski definition) is 1. The fourth-order valence-electron chi connectivity index (χ4n) is 2.72. The van der Waals surface area contributed by atoms with Gasteiger partial charge in [0.15, 0.2) is 0 Å². The predicted octanol–water partition coefficient (Wildman–Crippen LogP) is 2.46. The first-order valence-corrected chi connectivity index (χ1v) is 7.00. The van der Waals surface area contributed by atoms with Gasteiger partial charge in [-0.1, -0.05) is 0 Å². The summed E-state index contributed by atoms with van der Waals surface area (Å²) in [5.74, 6) is 0.820. The summed E-state index contributed by atoms with van der Waals surface area (Å²) in [6.45, 7) is 2.44. The Bertz CT molecular complexity index is 480. The number of piperidine rings is 1. The third kappa shape index (κ3) is 4.23. The molecule has 7 heteroatoms. The van der Waals surface area contributed by atoms with Crippen molar-refractivity contribution in [3.63, 3.8) is 0 Å². The highest BCUT2D eigenvalue weighted by molar-refractivity contribution is 5.49. The minimum Gasteiger partial charge on any atom is -0.384 e. The van der Waals surface area contributed by atoms with Gasteiger partial charge in [0.05, 0.1) is 5.56 Å². The lowest BCUT2D eigenvalue weighted by Gasteiger charge is -2.34. The van der Waals surface area contributed by atoms with E-state index in [0.29, 0.717) is 24.8 Å². The molecule has 0 aliphatic carbocycles. The van der Waals surface area contributed by atoms with E-state index in [9.17, 15) is 13.2 Å². The minimum atomic E-state index is -4.39. The smallest absolute Gasteiger partial charge is 0.384 e. The molecule has 1 aliphatic heterocycles. The molecule has 21 heavy (non-hydrogen) atoms. The van der Waals surface area contributed by atoms with Crippen molar-refractivity contribution in [2.45, 2.75) is 19.0 Å². The van der Waals surface area contributed by atoms with Crippen molar-refractivity contribution in [2.24, 2.45) is 5.92 Å². The molecule has 0 radical (unpaired) electrons. The van der Waals surface area contributed by atoms with E-state index in [-0.39, 0.29) is 5.82 Å². The highest BCUT2D eigenvalue weighted by atomic mass is 19.4. The van der Waals surface area contributed by atoms with Gasteiger partial charge in [-0.3, -0.25) is 0 Å². The number of anilines is 2. The molecule has 0 spiro atoms. The van der Waals surface area contributed by atoms with Crippen molar-refractivity contribution in [1.82, 2.24) is 9.88 Å². The summed E-state index contributed by atoms with van der Waals surface area (Å²) >= 11 is 0. The average molecular weight is 302 g/mol. The molecular weight excluding hydrogens is 281 g/mol. The molecule has 0 atom stereocenters.